The topological polar surface area (TPSA) is 74.9 Å². The van der Waals surface area contributed by atoms with Crippen molar-refractivity contribution in [2.45, 2.75) is 24.1 Å². The van der Waals surface area contributed by atoms with Gasteiger partial charge in [0.05, 0.1) is 17.2 Å². The zero-order valence-corrected chi connectivity index (χ0v) is 15.7. The molecule has 1 aliphatic rings. The molecular formula is C21H17N3O3S. The van der Waals surface area contributed by atoms with Crippen molar-refractivity contribution in [1.82, 2.24) is 9.29 Å². The minimum absolute atomic E-state index is 0.158. The fourth-order valence-electron chi connectivity index (χ4n) is 3.24. The highest BCUT2D eigenvalue weighted by Gasteiger charge is 2.31. The van der Waals surface area contributed by atoms with Gasteiger partial charge in [0.1, 0.15) is 6.10 Å². The molecule has 0 aliphatic carbocycles. The van der Waals surface area contributed by atoms with E-state index in [1.165, 1.54) is 28.6 Å². The van der Waals surface area contributed by atoms with E-state index in [4.69, 9.17) is 6.57 Å². The molecule has 0 saturated carbocycles. The van der Waals surface area contributed by atoms with Gasteiger partial charge in [-0.25, -0.2) is 13.3 Å². The van der Waals surface area contributed by atoms with Crippen molar-refractivity contribution in [2.75, 3.05) is 0 Å². The molecule has 1 atom stereocenters. The van der Waals surface area contributed by atoms with Crippen molar-refractivity contribution in [3.63, 3.8) is 0 Å². The fourth-order valence-corrected chi connectivity index (χ4v) is 4.63. The number of fused-ring (bicyclic) bond motifs is 1. The first-order valence-corrected chi connectivity index (χ1v) is 10.1. The lowest BCUT2D eigenvalue weighted by molar-refractivity contribution is 0.215. The number of benzene rings is 2. The maximum Gasteiger partial charge on any atom is 0.243 e. The molecule has 2 aromatic carbocycles. The average Bonchev–Trinajstić information content (AvgIpc) is 3.18. The van der Waals surface area contributed by atoms with Crippen molar-refractivity contribution in [3.8, 4) is 0 Å². The lowest BCUT2D eigenvalue weighted by atomic mass is 10.0. The van der Waals surface area contributed by atoms with E-state index in [1.54, 1.807) is 12.3 Å². The molecule has 0 amide bonds. The Kier molecular flexibility index (Phi) is 4.69. The second-order valence-corrected chi connectivity index (χ2v) is 8.51. The summed E-state index contributed by atoms with van der Waals surface area (Å²) in [7, 11) is -3.68. The van der Waals surface area contributed by atoms with Crippen molar-refractivity contribution >= 4 is 15.7 Å². The summed E-state index contributed by atoms with van der Waals surface area (Å²) in [5, 5.41) is 10.6. The van der Waals surface area contributed by atoms with Crippen LogP contribution in [0.2, 0.25) is 0 Å². The highest BCUT2D eigenvalue weighted by atomic mass is 32.2. The molecule has 0 fully saturated rings. The van der Waals surface area contributed by atoms with E-state index in [2.05, 4.69) is 9.83 Å². The van der Waals surface area contributed by atoms with E-state index in [0.717, 1.165) is 16.7 Å². The molecule has 1 N–H and O–H groups in total. The summed E-state index contributed by atoms with van der Waals surface area (Å²) in [6.45, 7) is 7.43. The van der Waals surface area contributed by atoms with Crippen LogP contribution in [0.25, 0.3) is 4.85 Å². The van der Waals surface area contributed by atoms with Crippen LogP contribution in [0.15, 0.2) is 71.8 Å². The van der Waals surface area contributed by atoms with Crippen molar-refractivity contribution in [1.29, 1.82) is 0 Å². The Morgan fingerprint density at radius 3 is 2.39 bits per heavy atom. The van der Waals surface area contributed by atoms with Gasteiger partial charge in [-0.3, -0.25) is 4.98 Å². The highest BCUT2D eigenvalue weighted by molar-refractivity contribution is 7.89. The number of aliphatic hydroxyl groups excluding tert-OH is 1. The molecule has 1 aliphatic heterocycles. The molecule has 6 nitrogen and oxygen atoms in total. The third kappa shape index (κ3) is 3.29. The molecule has 0 radical (unpaired) electrons. The number of pyridine rings is 1. The number of aliphatic hydroxyl groups is 1. The fraction of sp³-hybridized carbons (Fsp3) is 0.143. The summed E-state index contributed by atoms with van der Waals surface area (Å²) in [6.07, 6.45) is 0.771. The lowest BCUT2D eigenvalue weighted by Crippen LogP contribution is -2.25. The Hall–Kier alpha value is -3.05. The Morgan fingerprint density at radius 1 is 1.04 bits per heavy atom. The summed E-state index contributed by atoms with van der Waals surface area (Å²) in [6, 6.07) is 16.9. The number of rotatable bonds is 4. The number of aromatic nitrogens is 1. The maximum absolute atomic E-state index is 12.9. The van der Waals surface area contributed by atoms with E-state index in [-0.39, 0.29) is 18.0 Å². The number of hydrogen-bond acceptors (Lipinski definition) is 4. The van der Waals surface area contributed by atoms with E-state index in [9.17, 15) is 13.5 Å². The van der Waals surface area contributed by atoms with Gasteiger partial charge in [0.25, 0.3) is 0 Å². The largest absolute Gasteiger partial charge is 0.382 e. The minimum atomic E-state index is -3.68. The monoisotopic (exact) mass is 391 g/mol. The van der Waals surface area contributed by atoms with Crippen LogP contribution < -0.4 is 0 Å². The molecule has 0 saturated heterocycles. The zero-order valence-electron chi connectivity index (χ0n) is 14.9. The SMILES string of the molecule is [C-]#[N+]c1ccc(S(=O)(=O)N2Cc3cnc(C(O)c4ccccc4)cc3C2)cc1. The highest BCUT2D eigenvalue weighted by Crippen LogP contribution is 2.31. The van der Waals surface area contributed by atoms with Crippen LogP contribution in [-0.4, -0.2) is 22.8 Å². The van der Waals surface area contributed by atoms with Gasteiger partial charge in [0.15, 0.2) is 5.69 Å². The van der Waals surface area contributed by atoms with Gasteiger partial charge in [-0.15, -0.1) is 0 Å². The number of hydrogen-bond donors (Lipinski definition) is 1. The Morgan fingerprint density at radius 2 is 1.71 bits per heavy atom. The van der Waals surface area contributed by atoms with Gasteiger partial charge in [-0.05, 0) is 22.8 Å². The van der Waals surface area contributed by atoms with Gasteiger partial charge in [-0.2, -0.15) is 4.31 Å². The van der Waals surface area contributed by atoms with E-state index in [0.29, 0.717) is 11.4 Å². The summed E-state index contributed by atoms with van der Waals surface area (Å²) < 4.78 is 27.2. The van der Waals surface area contributed by atoms with E-state index < -0.39 is 16.1 Å². The first-order chi connectivity index (χ1) is 13.5. The van der Waals surface area contributed by atoms with Crippen molar-refractivity contribution in [3.05, 3.63) is 101 Å². The molecule has 4 rings (SSSR count). The molecule has 3 aromatic rings. The van der Waals surface area contributed by atoms with Crippen LogP contribution in [0.3, 0.4) is 0 Å². The molecule has 0 spiro atoms. The molecule has 1 unspecified atom stereocenters. The summed E-state index contributed by atoms with van der Waals surface area (Å²) >= 11 is 0. The van der Waals surface area contributed by atoms with Gasteiger partial charge < -0.3 is 5.11 Å². The number of sulfonamides is 1. The Labute approximate surface area is 163 Å². The van der Waals surface area contributed by atoms with Gasteiger partial charge in [0, 0.05) is 19.3 Å². The second-order valence-electron chi connectivity index (χ2n) is 6.57. The van der Waals surface area contributed by atoms with Crippen LogP contribution in [0.1, 0.15) is 28.5 Å². The second kappa shape index (κ2) is 7.17. The molecular weight excluding hydrogens is 374 g/mol. The molecule has 1 aromatic heterocycles. The van der Waals surface area contributed by atoms with Crippen molar-refractivity contribution in [2.24, 2.45) is 0 Å². The molecule has 2 heterocycles. The molecule has 7 heteroatoms. The summed E-state index contributed by atoms with van der Waals surface area (Å²) in [4.78, 5) is 7.78. The van der Waals surface area contributed by atoms with Gasteiger partial charge >= 0.3 is 0 Å². The van der Waals surface area contributed by atoms with Gasteiger partial charge in [0.2, 0.25) is 10.0 Å². The first kappa shape index (κ1) is 18.3. The van der Waals surface area contributed by atoms with Crippen LogP contribution >= 0.6 is 0 Å². The molecule has 28 heavy (non-hydrogen) atoms. The molecule has 0 bridgehead atoms. The summed E-state index contributed by atoms with van der Waals surface area (Å²) in [5.41, 5.74) is 3.28. The zero-order chi connectivity index (χ0) is 19.7. The normalized spacial score (nSPS) is 15.0. The van der Waals surface area contributed by atoms with E-state index >= 15 is 0 Å². The van der Waals surface area contributed by atoms with Crippen molar-refractivity contribution < 1.29 is 13.5 Å². The smallest absolute Gasteiger partial charge is 0.243 e. The van der Waals surface area contributed by atoms with E-state index in [1.807, 2.05) is 30.3 Å². The Bertz CT molecular complexity index is 1150. The predicted molar refractivity (Wildman–Crippen MR) is 104 cm³/mol. The number of nitrogens with zero attached hydrogens (tertiary/aromatic N) is 3. The third-order valence-corrected chi connectivity index (χ3v) is 6.60. The minimum Gasteiger partial charge on any atom is -0.382 e. The third-order valence-electron chi connectivity index (χ3n) is 4.80. The first-order valence-electron chi connectivity index (χ1n) is 8.67. The van der Waals surface area contributed by atoms with Crippen LogP contribution in [0, 0.1) is 6.57 Å². The predicted octanol–water partition coefficient (Wildman–Crippen LogP) is 3.42. The lowest BCUT2D eigenvalue weighted by Gasteiger charge is -2.15. The maximum atomic E-state index is 12.9. The van der Waals surface area contributed by atoms with Crippen LogP contribution in [0.4, 0.5) is 5.69 Å². The Balaban J connectivity index is 1.59. The summed E-state index contributed by atoms with van der Waals surface area (Å²) in [5.74, 6) is 0. The average molecular weight is 391 g/mol. The standard InChI is InChI=1S/C21H17N3O3S/c1-22-18-7-9-19(10-8-18)28(26,27)24-13-16-11-20(23-12-17(16)14-24)21(25)15-5-3-2-4-6-15/h2-12,21,25H,13-14H2. The van der Waals surface area contributed by atoms with Gasteiger partial charge in [-0.1, -0.05) is 54.6 Å². The molecule has 140 valence electrons. The van der Waals surface area contributed by atoms with Crippen LogP contribution in [-0.2, 0) is 23.1 Å². The quantitative estimate of drug-likeness (QED) is 0.692. The van der Waals surface area contributed by atoms with Crippen LogP contribution in [0.5, 0.6) is 0 Å².